The normalized spacial score (nSPS) is 11.2. The van der Waals surface area contributed by atoms with Crippen LogP contribution in [0.2, 0.25) is 0 Å². The number of aryl methyl sites for hydroxylation is 1. The van der Waals surface area contributed by atoms with Crippen molar-refractivity contribution in [1.82, 2.24) is 10.2 Å². The van der Waals surface area contributed by atoms with Crippen molar-refractivity contribution in [3.8, 4) is 0 Å². The summed E-state index contributed by atoms with van der Waals surface area (Å²) in [4.78, 5) is 2.33. The van der Waals surface area contributed by atoms with Crippen molar-refractivity contribution in [1.29, 1.82) is 0 Å². The highest BCUT2D eigenvalue weighted by atomic mass is 16.3. The Morgan fingerprint density at radius 1 is 1.05 bits per heavy atom. The standard InChI is InChI=1S/C17H24N2O/c1-14-16(9-11-20-14)12-19(3)13-17-7-5-4-6-15(17)8-10-18-2/h4-7,9,11,18H,8,10,12-13H2,1-3H3. The van der Waals surface area contributed by atoms with Gasteiger partial charge < -0.3 is 9.73 Å². The van der Waals surface area contributed by atoms with E-state index in [4.69, 9.17) is 4.42 Å². The zero-order valence-corrected chi connectivity index (χ0v) is 12.6. The van der Waals surface area contributed by atoms with Crippen molar-refractivity contribution in [3.63, 3.8) is 0 Å². The van der Waals surface area contributed by atoms with E-state index in [1.54, 1.807) is 6.26 Å². The zero-order chi connectivity index (χ0) is 14.4. The molecule has 0 saturated heterocycles. The van der Waals surface area contributed by atoms with Crippen LogP contribution < -0.4 is 5.32 Å². The third-order valence-electron chi connectivity index (χ3n) is 3.61. The number of hydrogen-bond donors (Lipinski definition) is 1. The van der Waals surface area contributed by atoms with Crippen LogP contribution in [0.1, 0.15) is 22.5 Å². The lowest BCUT2D eigenvalue weighted by Crippen LogP contribution is -2.19. The van der Waals surface area contributed by atoms with Crippen molar-refractivity contribution in [2.45, 2.75) is 26.4 Å². The highest BCUT2D eigenvalue weighted by Crippen LogP contribution is 2.15. The Morgan fingerprint density at radius 2 is 1.75 bits per heavy atom. The summed E-state index contributed by atoms with van der Waals surface area (Å²) in [5.41, 5.74) is 4.10. The molecule has 1 N–H and O–H groups in total. The minimum absolute atomic E-state index is 0.919. The lowest BCUT2D eigenvalue weighted by atomic mass is 10.0. The quantitative estimate of drug-likeness (QED) is 0.840. The molecule has 0 saturated carbocycles. The van der Waals surface area contributed by atoms with Gasteiger partial charge in [0.15, 0.2) is 0 Å². The van der Waals surface area contributed by atoms with Gasteiger partial charge in [-0.15, -0.1) is 0 Å². The maximum Gasteiger partial charge on any atom is 0.105 e. The minimum Gasteiger partial charge on any atom is -0.469 e. The fourth-order valence-corrected chi connectivity index (χ4v) is 2.43. The van der Waals surface area contributed by atoms with Crippen LogP contribution in [0.5, 0.6) is 0 Å². The molecule has 0 radical (unpaired) electrons. The average Bonchev–Trinajstić information content (AvgIpc) is 2.83. The lowest BCUT2D eigenvalue weighted by Gasteiger charge is -2.18. The van der Waals surface area contributed by atoms with Gasteiger partial charge in [0.05, 0.1) is 6.26 Å². The molecular formula is C17H24N2O. The van der Waals surface area contributed by atoms with Crippen molar-refractivity contribution in [2.75, 3.05) is 20.6 Å². The van der Waals surface area contributed by atoms with Crippen LogP contribution in [0.4, 0.5) is 0 Å². The summed E-state index contributed by atoms with van der Waals surface area (Å²) in [6, 6.07) is 10.7. The fourth-order valence-electron chi connectivity index (χ4n) is 2.43. The summed E-state index contributed by atoms with van der Waals surface area (Å²) in [6.45, 7) is 4.92. The second kappa shape index (κ2) is 7.27. The molecule has 0 spiro atoms. The van der Waals surface area contributed by atoms with E-state index in [0.29, 0.717) is 0 Å². The van der Waals surface area contributed by atoms with Gasteiger partial charge in [-0.3, -0.25) is 4.90 Å². The Bertz CT molecular complexity index is 533. The Hall–Kier alpha value is -1.58. The first-order valence-corrected chi connectivity index (χ1v) is 7.13. The number of rotatable bonds is 7. The molecule has 0 aliphatic carbocycles. The van der Waals surface area contributed by atoms with Gasteiger partial charge in [-0.1, -0.05) is 24.3 Å². The molecule has 0 bridgehead atoms. The zero-order valence-electron chi connectivity index (χ0n) is 12.6. The molecule has 1 heterocycles. The highest BCUT2D eigenvalue weighted by Gasteiger charge is 2.08. The molecule has 108 valence electrons. The van der Waals surface area contributed by atoms with E-state index in [0.717, 1.165) is 31.8 Å². The first kappa shape index (κ1) is 14.8. The second-order valence-corrected chi connectivity index (χ2v) is 5.30. The number of nitrogens with one attached hydrogen (secondary N) is 1. The third kappa shape index (κ3) is 3.95. The van der Waals surface area contributed by atoms with Gasteiger partial charge >= 0.3 is 0 Å². The molecule has 0 aliphatic heterocycles. The van der Waals surface area contributed by atoms with Crippen LogP contribution >= 0.6 is 0 Å². The van der Waals surface area contributed by atoms with Crippen molar-refractivity contribution < 1.29 is 4.42 Å². The molecule has 1 aromatic heterocycles. The SMILES string of the molecule is CNCCc1ccccc1CN(C)Cc1ccoc1C. The molecule has 2 rings (SSSR count). The van der Waals surface area contributed by atoms with E-state index in [-0.39, 0.29) is 0 Å². The van der Waals surface area contributed by atoms with Crippen LogP contribution in [-0.4, -0.2) is 25.5 Å². The van der Waals surface area contributed by atoms with Gasteiger partial charge in [0.25, 0.3) is 0 Å². The monoisotopic (exact) mass is 272 g/mol. The summed E-state index contributed by atoms with van der Waals surface area (Å²) in [5, 5.41) is 3.21. The Morgan fingerprint density at radius 3 is 2.40 bits per heavy atom. The summed E-state index contributed by atoms with van der Waals surface area (Å²) < 4.78 is 5.36. The average molecular weight is 272 g/mol. The van der Waals surface area contributed by atoms with Gasteiger partial charge in [-0.2, -0.15) is 0 Å². The molecule has 0 unspecified atom stereocenters. The van der Waals surface area contributed by atoms with Crippen LogP contribution in [0.15, 0.2) is 41.0 Å². The predicted molar refractivity (Wildman–Crippen MR) is 82.7 cm³/mol. The smallest absolute Gasteiger partial charge is 0.105 e. The van der Waals surface area contributed by atoms with Gasteiger partial charge in [-0.25, -0.2) is 0 Å². The fraction of sp³-hybridized carbons (Fsp3) is 0.412. The first-order chi connectivity index (χ1) is 9.70. The van der Waals surface area contributed by atoms with Gasteiger partial charge in [-0.05, 0) is 51.2 Å². The van der Waals surface area contributed by atoms with E-state index < -0.39 is 0 Å². The van der Waals surface area contributed by atoms with Gasteiger partial charge in [0.1, 0.15) is 5.76 Å². The largest absolute Gasteiger partial charge is 0.469 e. The predicted octanol–water partition coefficient (Wildman–Crippen LogP) is 2.98. The number of hydrogen-bond acceptors (Lipinski definition) is 3. The van der Waals surface area contributed by atoms with Crippen molar-refractivity contribution >= 4 is 0 Å². The Labute approximate surface area is 121 Å². The Kier molecular flexibility index (Phi) is 5.39. The topological polar surface area (TPSA) is 28.4 Å². The van der Waals surface area contributed by atoms with Crippen molar-refractivity contribution in [2.24, 2.45) is 0 Å². The molecular weight excluding hydrogens is 248 g/mol. The molecule has 2 aromatic rings. The van der Waals surface area contributed by atoms with E-state index in [1.807, 2.05) is 14.0 Å². The van der Waals surface area contributed by atoms with E-state index in [9.17, 15) is 0 Å². The molecule has 0 fully saturated rings. The molecule has 3 nitrogen and oxygen atoms in total. The van der Waals surface area contributed by atoms with Crippen LogP contribution in [0.3, 0.4) is 0 Å². The number of benzene rings is 1. The van der Waals surface area contributed by atoms with Crippen LogP contribution in [-0.2, 0) is 19.5 Å². The van der Waals surface area contributed by atoms with E-state index >= 15 is 0 Å². The number of nitrogens with zero attached hydrogens (tertiary/aromatic N) is 1. The molecule has 3 heteroatoms. The van der Waals surface area contributed by atoms with Crippen molar-refractivity contribution in [3.05, 3.63) is 59.0 Å². The third-order valence-corrected chi connectivity index (χ3v) is 3.61. The number of likely N-dealkylation sites (N-methyl/N-ethyl adjacent to an activating group) is 1. The molecule has 0 atom stereocenters. The van der Waals surface area contributed by atoms with Gasteiger partial charge in [0, 0.05) is 18.7 Å². The maximum absolute atomic E-state index is 5.36. The summed E-state index contributed by atoms with van der Waals surface area (Å²) >= 11 is 0. The van der Waals surface area contributed by atoms with E-state index in [2.05, 4.69) is 47.6 Å². The summed E-state index contributed by atoms with van der Waals surface area (Å²) in [6.07, 6.45) is 2.84. The second-order valence-electron chi connectivity index (χ2n) is 5.30. The lowest BCUT2D eigenvalue weighted by molar-refractivity contribution is 0.315. The Balaban J connectivity index is 2.00. The maximum atomic E-state index is 5.36. The first-order valence-electron chi connectivity index (χ1n) is 7.13. The minimum atomic E-state index is 0.919. The highest BCUT2D eigenvalue weighted by molar-refractivity contribution is 5.27. The molecule has 1 aromatic carbocycles. The van der Waals surface area contributed by atoms with Crippen LogP contribution in [0, 0.1) is 6.92 Å². The van der Waals surface area contributed by atoms with Gasteiger partial charge in [0.2, 0.25) is 0 Å². The summed E-state index contributed by atoms with van der Waals surface area (Å²) in [7, 11) is 4.15. The molecule has 0 aliphatic rings. The molecule has 20 heavy (non-hydrogen) atoms. The van der Waals surface area contributed by atoms with E-state index in [1.165, 1.54) is 16.7 Å². The molecule has 0 amide bonds. The van der Waals surface area contributed by atoms with Crippen LogP contribution in [0.25, 0.3) is 0 Å². The summed E-state index contributed by atoms with van der Waals surface area (Å²) in [5.74, 6) is 1.01. The number of furan rings is 1.